The van der Waals surface area contributed by atoms with Crippen molar-refractivity contribution in [3.05, 3.63) is 0 Å². The summed E-state index contributed by atoms with van der Waals surface area (Å²) in [6, 6.07) is 0. The van der Waals surface area contributed by atoms with Crippen LogP contribution in [0.15, 0.2) is 0 Å². The van der Waals surface area contributed by atoms with Gasteiger partial charge in [0.05, 0.1) is 6.42 Å². The fourth-order valence-corrected chi connectivity index (χ4v) is 8.20. The zero-order valence-electron chi connectivity index (χ0n) is 37.6. The van der Waals surface area contributed by atoms with E-state index in [-0.39, 0.29) is 31.0 Å². The molecule has 1 atom stereocenters. The Kier molecular flexibility index (Phi) is 40.5. The van der Waals surface area contributed by atoms with Crippen molar-refractivity contribution in [2.75, 3.05) is 19.6 Å². The number of hydrogen-bond acceptors (Lipinski definition) is 6. The largest absolute Gasteiger partial charge is 0.370 e. The summed E-state index contributed by atoms with van der Waals surface area (Å²) in [4.78, 5) is 38.3. The molecule has 0 saturated heterocycles. The molecule has 0 fully saturated rings. The average Bonchev–Trinajstić information content (AvgIpc) is 3.19. The Morgan fingerprint density at radius 3 is 1.14 bits per heavy atom. The van der Waals surface area contributed by atoms with E-state index in [4.69, 9.17) is 17.3 Å². The molecule has 0 bridgehead atoms. The minimum atomic E-state index is -1.39. The van der Waals surface area contributed by atoms with Gasteiger partial charge in [0.1, 0.15) is 5.54 Å². The summed E-state index contributed by atoms with van der Waals surface area (Å²) in [6.45, 7) is 7.04. The lowest BCUT2D eigenvalue weighted by Gasteiger charge is -2.39. The number of hydrogen-bond donors (Lipinski definition) is 4. The number of Topliss-reactive ketones (excluding diaryl/α,β-unsaturated/α-hetero) is 1. The second-order valence-electron chi connectivity index (χ2n) is 17.3. The van der Waals surface area contributed by atoms with Gasteiger partial charge in [0.2, 0.25) is 11.8 Å². The van der Waals surface area contributed by atoms with Crippen LogP contribution in [0.3, 0.4) is 0 Å². The molecule has 0 saturated carbocycles. The molecule has 0 aliphatic heterocycles. The Morgan fingerprint density at radius 1 is 0.464 bits per heavy atom. The molecule has 0 aliphatic carbocycles. The number of ketones is 1. The molecule has 0 aromatic carbocycles. The van der Waals surface area contributed by atoms with Crippen LogP contribution in [-0.4, -0.2) is 47.8 Å². The summed E-state index contributed by atoms with van der Waals surface area (Å²) < 4.78 is 0. The number of nitrogens with zero attached hydrogens (tertiary/aromatic N) is 1. The normalized spacial score (nSPS) is 12.6. The summed E-state index contributed by atoms with van der Waals surface area (Å²) in [7, 11) is 0. The predicted octanol–water partition coefficient (Wildman–Crippen LogP) is 12.3. The number of amides is 2. The van der Waals surface area contributed by atoms with Crippen molar-refractivity contribution in [3.63, 3.8) is 0 Å². The van der Waals surface area contributed by atoms with Crippen LogP contribution in [0.2, 0.25) is 0 Å². The van der Waals surface area contributed by atoms with Crippen LogP contribution in [0.1, 0.15) is 264 Å². The molecular weight excluding hydrogens is 695 g/mol. The van der Waals surface area contributed by atoms with Gasteiger partial charge in [-0.25, -0.2) is 5.84 Å². The number of unbranched alkanes of at least 4 members (excludes halogenated alkanes) is 31. The maximum Gasteiger partial charge on any atom is 0.237 e. The molecule has 0 aromatic heterocycles. The van der Waals surface area contributed by atoms with Crippen LogP contribution in [-0.2, 0) is 14.4 Å². The molecule has 0 aliphatic rings. The predicted molar refractivity (Wildman–Crippen MR) is 241 cm³/mol. The van der Waals surface area contributed by atoms with E-state index < -0.39 is 11.4 Å². The number of rotatable bonds is 46. The monoisotopic (exact) mass is 792 g/mol. The molecule has 0 unspecified atom stereocenters. The topological polar surface area (TPSA) is 145 Å². The summed E-state index contributed by atoms with van der Waals surface area (Å²) in [5, 5.41) is 4.70. The van der Waals surface area contributed by atoms with Crippen molar-refractivity contribution in [2.24, 2.45) is 17.3 Å². The minimum Gasteiger partial charge on any atom is -0.370 e. The molecular formula is C48H97N5O3. The van der Waals surface area contributed by atoms with Gasteiger partial charge in [-0.05, 0) is 58.2 Å². The van der Waals surface area contributed by atoms with Crippen LogP contribution in [0.4, 0.5) is 0 Å². The number of carbonyl (C=O) groups excluding carboxylic acids is 3. The Bertz CT molecular complexity index is 887. The van der Waals surface area contributed by atoms with Gasteiger partial charge in [0, 0.05) is 12.8 Å². The molecule has 56 heavy (non-hydrogen) atoms. The summed E-state index contributed by atoms with van der Waals surface area (Å²) in [6.07, 6.45) is 45.7. The highest BCUT2D eigenvalue weighted by atomic mass is 16.2. The van der Waals surface area contributed by atoms with E-state index in [0.29, 0.717) is 25.8 Å². The first-order valence-electron chi connectivity index (χ1n) is 24.7. The second kappa shape index (κ2) is 41.6. The van der Waals surface area contributed by atoms with E-state index in [9.17, 15) is 14.4 Å². The third-order valence-corrected chi connectivity index (χ3v) is 12.0. The van der Waals surface area contributed by atoms with Crippen molar-refractivity contribution in [2.45, 2.75) is 270 Å². The molecule has 0 aromatic rings. The van der Waals surface area contributed by atoms with Crippen LogP contribution in [0.25, 0.3) is 0 Å². The zero-order valence-corrected chi connectivity index (χ0v) is 37.6. The van der Waals surface area contributed by atoms with Gasteiger partial charge in [-0.3, -0.25) is 19.4 Å². The molecule has 0 rings (SSSR count). The summed E-state index contributed by atoms with van der Waals surface area (Å²) in [5.41, 5.74) is 9.89. The van der Waals surface area contributed by atoms with E-state index in [1.807, 2.05) is 6.92 Å². The highest BCUT2D eigenvalue weighted by Crippen LogP contribution is 2.28. The molecule has 0 spiro atoms. The van der Waals surface area contributed by atoms with Crippen molar-refractivity contribution in [1.29, 1.82) is 0 Å². The number of nitrogens with two attached hydrogens (primary N) is 3. The summed E-state index contributed by atoms with van der Waals surface area (Å²) in [5.74, 6) is 5.14. The third kappa shape index (κ3) is 32.4. The number of hydrazine groups is 1. The van der Waals surface area contributed by atoms with Crippen molar-refractivity contribution in [3.8, 4) is 0 Å². The number of carbonyl (C=O) groups is 3. The first-order chi connectivity index (χ1) is 27.4. The van der Waals surface area contributed by atoms with Crippen molar-refractivity contribution in [1.82, 2.24) is 10.3 Å². The fraction of sp³-hybridized carbons (Fsp3) is 0.938. The van der Waals surface area contributed by atoms with Crippen LogP contribution in [0.5, 0.6) is 0 Å². The first-order valence-corrected chi connectivity index (χ1v) is 24.7. The lowest BCUT2D eigenvalue weighted by Crippen LogP contribution is -2.62. The van der Waals surface area contributed by atoms with Crippen molar-refractivity contribution < 1.29 is 14.4 Å². The van der Waals surface area contributed by atoms with E-state index in [2.05, 4.69) is 12.2 Å². The van der Waals surface area contributed by atoms with Crippen molar-refractivity contribution >= 4 is 17.6 Å². The minimum absolute atomic E-state index is 0.166. The molecule has 7 N–H and O–H groups in total. The average molecular weight is 792 g/mol. The summed E-state index contributed by atoms with van der Waals surface area (Å²) >= 11 is 0. The van der Waals surface area contributed by atoms with Gasteiger partial charge in [-0.1, -0.05) is 206 Å². The molecule has 8 heteroatoms. The maximum atomic E-state index is 13.5. The quantitative estimate of drug-likeness (QED) is 0.0209. The van der Waals surface area contributed by atoms with Gasteiger partial charge in [0.25, 0.3) is 0 Å². The standard InChI is InChI=1S/C48H97N5O3/c1-3-5-7-8-9-10-11-12-13-17-20-23-26-29-32-35-42-52-43-36-33-30-27-24-21-18-15-14-16-19-22-25-28-31-34-38-45(54)48(40-37-41-49,44-46(50)55)53(51)47(56)39-6-4-2/h52H,3-44,49,51H2,1-2H3,(H2,50,55)/t48-/m0/s1. The second-order valence-corrected chi connectivity index (χ2v) is 17.3. The smallest absolute Gasteiger partial charge is 0.237 e. The molecule has 0 radical (unpaired) electrons. The van der Waals surface area contributed by atoms with Gasteiger partial charge in [-0.2, -0.15) is 0 Å². The Hall–Kier alpha value is -1.51. The Labute approximate surface area is 348 Å². The number of nitrogens with one attached hydrogen (secondary N) is 1. The van der Waals surface area contributed by atoms with E-state index in [0.717, 1.165) is 30.7 Å². The van der Waals surface area contributed by atoms with Gasteiger partial charge >= 0.3 is 0 Å². The zero-order chi connectivity index (χ0) is 41.2. The molecule has 0 heterocycles. The van der Waals surface area contributed by atoms with E-state index in [1.54, 1.807) is 0 Å². The van der Waals surface area contributed by atoms with Gasteiger partial charge in [-0.15, -0.1) is 0 Å². The lowest BCUT2D eigenvalue weighted by molar-refractivity contribution is -0.150. The van der Waals surface area contributed by atoms with Crippen LogP contribution >= 0.6 is 0 Å². The van der Waals surface area contributed by atoms with E-state index >= 15 is 0 Å². The highest BCUT2D eigenvalue weighted by Gasteiger charge is 2.45. The molecule has 332 valence electrons. The van der Waals surface area contributed by atoms with Crippen LogP contribution in [0, 0.1) is 0 Å². The first kappa shape index (κ1) is 54.5. The van der Waals surface area contributed by atoms with Gasteiger partial charge in [0.15, 0.2) is 5.78 Å². The van der Waals surface area contributed by atoms with Gasteiger partial charge < -0.3 is 16.8 Å². The Balaban J connectivity index is 3.60. The molecule has 8 nitrogen and oxygen atoms in total. The maximum absolute atomic E-state index is 13.5. The SMILES string of the molecule is CCCCCCCCCCCCCCCCCCNCCCCCCCCCCCCCCCCCCC(=O)[C@](CCCN)(CC(N)=O)N(N)C(=O)CCCC. The lowest BCUT2D eigenvalue weighted by atomic mass is 9.81. The molecule has 2 amide bonds. The van der Waals surface area contributed by atoms with E-state index in [1.165, 1.54) is 199 Å². The Morgan fingerprint density at radius 2 is 0.804 bits per heavy atom. The fourth-order valence-electron chi connectivity index (χ4n) is 8.20. The highest BCUT2D eigenvalue weighted by molar-refractivity contribution is 5.96. The third-order valence-electron chi connectivity index (χ3n) is 12.0. The number of primary amides is 1. The van der Waals surface area contributed by atoms with Crippen LogP contribution < -0.4 is 22.6 Å².